The topological polar surface area (TPSA) is 45.6 Å². The molecule has 5 unspecified atom stereocenters. The molecule has 5 aromatic rings. The van der Waals surface area contributed by atoms with Crippen LogP contribution in [0.4, 0.5) is 0 Å². The largest absolute Gasteiger partial charge is 0.508 e. The quantitative estimate of drug-likeness (QED) is 0.260. The van der Waals surface area contributed by atoms with Crippen LogP contribution in [0.3, 0.4) is 0 Å². The van der Waals surface area contributed by atoms with E-state index in [-0.39, 0.29) is 17.9 Å². The van der Waals surface area contributed by atoms with E-state index in [1.54, 1.807) is 6.07 Å². The molecule has 4 heteroatoms. The monoisotopic (exact) mass is 488 g/mol. The minimum atomic E-state index is -0.169. The Bertz CT molecular complexity index is 1610. The SMILES string of the molecule is CCC1CN2CCC1CC2C(Oc1cc2ccccc2c2ccccc12)c1ccnc2ccc(O)cc12. The van der Waals surface area contributed by atoms with Crippen LogP contribution in [0.25, 0.3) is 32.4 Å². The molecule has 3 aliphatic rings. The van der Waals surface area contributed by atoms with Gasteiger partial charge in [0, 0.05) is 29.1 Å². The van der Waals surface area contributed by atoms with Gasteiger partial charge < -0.3 is 9.84 Å². The van der Waals surface area contributed by atoms with Crippen molar-refractivity contribution in [2.45, 2.75) is 38.3 Å². The number of benzene rings is 4. The molecule has 37 heavy (non-hydrogen) atoms. The van der Waals surface area contributed by atoms with Gasteiger partial charge in [0.2, 0.25) is 0 Å². The molecule has 1 aromatic heterocycles. The second-order valence-corrected chi connectivity index (χ2v) is 10.8. The number of piperidine rings is 3. The summed E-state index contributed by atoms with van der Waals surface area (Å²) in [4.78, 5) is 7.27. The van der Waals surface area contributed by atoms with E-state index in [1.807, 2.05) is 18.3 Å². The van der Waals surface area contributed by atoms with Crippen LogP contribution in [0.5, 0.6) is 11.5 Å². The van der Waals surface area contributed by atoms with Crippen molar-refractivity contribution < 1.29 is 9.84 Å². The maximum absolute atomic E-state index is 10.4. The second kappa shape index (κ2) is 9.04. The Morgan fingerprint density at radius 1 is 0.946 bits per heavy atom. The second-order valence-electron chi connectivity index (χ2n) is 10.8. The Morgan fingerprint density at radius 3 is 2.57 bits per heavy atom. The molecule has 1 N–H and O–H groups in total. The summed E-state index contributed by atoms with van der Waals surface area (Å²) in [7, 11) is 0. The van der Waals surface area contributed by atoms with Crippen LogP contribution in [0.1, 0.15) is 37.9 Å². The minimum Gasteiger partial charge on any atom is -0.508 e. The number of hydrogen-bond donors (Lipinski definition) is 1. The van der Waals surface area contributed by atoms with Gasteiger partial charge in [0.1, 0.15) is 17.6 Å². The van der Waals surface area contributed by atoms with Gasteiger partial charge >= 0.3 is 0 Å². The lowest BCUT2D eigenvalue weighted by Crippen LogP contribution is -2.56. The number of hydrogen-bond acceptors (Lipinski definition) is 4. The maximum atomic E-state index is 10.4. The predicted octanol–water partition coefficient (Wildman–Crippen LogP) is 7.49. The Kier molecular flexibility index (Phi) is 5.51. The molecular weight excluding hydrogens is 456 g/mol. The molecule has 0 saturated carbocycles. The summed E-state index contributed by atoms with van der Waals surface area (Å²) in [5, 5.41) is 16.1. The molecule has 3 saturated heterocycles. The average Bonchev–Trinajstić information content (AvgIpc) is 2.96. The highest BCUT2D eigenvalue weighted by molar-refractivity contribution is 6.10. The molecule has 5 atom stereocenters. The molecule has 4 heterocycles. The summed E-state index contributed by atoms with van der Waals surface area (Å²) in [6.45, 7) is 4.59. The molecule has 3 aliphatic heterocycles. The highest BCUT2D eigenvalue weighted by Crippen LogP contribution is 2.45. The van der Waals surface area contributed by atoms with Crippen molar-refractivity contribution in [3.8, 4) is 11.5 Å². The van der Waals surface area contributed by atoms with Crippen LogP contribution < -0.4 is 4.74 Å². The summed E-state index contributed by atoms with van der Waals surface area (Å²) >= 11 is 0. The molecule has 0 aliphatic carbocycles. The van der Waals surface area contributed by atoms with Gasteiger partial charge in [0.25, 0.3) is 0 Å². The number of pyridine rings is 1. The van der Waals surface area contributed by atoms with Crippen LogP contribution in [0.15, 0.2) is 85.1 Å². The molecule has 4 aromatic carbocycles. The summed E-state index contributed by atoms with van der Waals surface area (Å²) < 4.78 is 7.18. The lowest BCUT2D eigenvalue weighted by atomic mass is 9.72. The Labute approximate surface area is 217 Å². The first-order valence-corrected chi connectivity index (χ1v) is 13.6. The molecule has 186 valence electrons. The first-order valence-electron chi connectivity index (χ1n) is 13.6. The number of fused-ring (bicyclic) bond motifs is 7. The Balaban J connectivity index is 1.41. The van der Waals surface area contributed by atoms with Crippen molar-refractivity contribution in [2.75, 3.05) is 13.1 Å². The smallest absolute Gasteiger partial charge is 0.140 e. The third-order valence-corrected chi connectivity index (χ3v) is 8.86. The fourth-order valence-electron chi connectivity index (χ4n) is 6.96. The van der Waals surface area contributed by atoms with E-state index in [1.165, 1.54) is 29.0 Å². The van der Waals surface area contributed by atoms with Gasteiger partial charge in [-0.15, -0.1) is 0 Å². The van der Waals surface area contributed by atoms with Crippen LogP contribution in [0.2, 0.25) is 0 Å². The fourth-order valence-corrected chi connectivity index (χ4v) is 6.96. The van der Waals surface area contributed by atoms with Gasteiger partial charge in [-0.2, -0.15) is 0 Å². The van der Waals surface area contributed by atoms with Gasteiger partial charge in [-0.05, 0) is 77.7 Å². The highest BCUT2D eigenvalue weighted by Gasteiger charge is 2.44. The number of ether oxygens (including phenoxy) is 1. The highest BCUT2D eigenvalue weighted by atomic mass is 16.5. The first kappa shape index (κ1) is 22.6. The molecular formula is C33H32N2O2. The number of aromatic hydroxyl groups is 1. The Morgan fingerprint density at radius 2 is 1.76 bits per heavy atom. The molecule has 4 nitrogen and oxygen atoms in total. The number of nitrogens with zero attached hydrogens (tertiary/aromatic N) is 2. The molecule has 0 amide bonds. The zero-order chi connectivity index (χ0) is 24.9. The van der Waals surface area contributed by atoms with E-state index in [4.69, 9.17) is 4.74 Å². The van der Waals surface area contributed by atoms with E-state index >= 15 is 0 Å². The molecule has 0 radical (unpaired) electrons. The number of aromatic nitrogens is 1. The normalized spacial score (nSPS) is 24.0. The number of rotatable bonds is 5. The van der Waals surface area contributed by atoms with E-state index in [0.717, 1.165) is 58.9 Å². The van der Waals surface area contributed by atoms with Crippen LogP contribution in [0, 0.1) is 11.8 Å². The van der Waals surface area contributed by atoms with Gasteiger partial charge in [-0.1, -0.05) is 61.9 Å². The third-order valence-electron chi connectivity index (χ3n) is 8.86. The van der Waals surface area contributed by atoms with Gasteiger partial charge in [-0.3, -0.25) is 9.88 Å². The van der Waals surface area contributed by atoms with Gasteiger partial charge in [-0.25, -0.2) is 0 Å². The standard InChI is InChI=1S/C33H32N2O2/c1-2-21-20-35-16-14-22(21)17-31(35)33(28-13-15-34-30-12-11-24(36)19-29(28)30)37-32-18-23-7-3-4-8-25(23)26-9-5-6-10-27(26)32/h3-13,15,18-19,21-22,31,33,36H,2,14,16-17,20H2,1H3. The fraction of sp³-hybridized carbons (Fsp3) is 0.303. The van der Waals surface area contributed by atoms with Crippen molar-refractivity contribution in [3.63, 3.8) is 0 Å². The molecule has 8 rings (SSSR count). The van der Waals surface area contributed by atoms with Crippen LogP contribution in [-0.2, 0) is 0 Å². The zero-order valence-corrected chi connectivity index (χ0v) is 21.2. The molecule has 2 bridgehead atoms. The Hall–Kier alpha value is -3.63. The number of phenolic OH excluding ortho intramolecular Hbond substituents is 1. The molecule has 3 fully saturated rings. The van der Waals surface area contributed by atoms with Gasteiger partial charge in [0.05, 0.1) is 11.6 Å². The minimum absolute atomic E-state index is 0.169. The van der Waals surface area contributed by atoms with Crippen molar-refractivity contribution >= 4 is 32.4 Å². The average molecular weight is 489 g/mol. The molecule has 0 spiro atoms. The summed E-state index contributed by atoms with van der Waals surface area (Å²) in [5.74, 6) is 2.68. The van der Waals surface area contributed by atoms with Crippen LogP contribution >= 0.6 is 0 Å². The summed E-state index contributed by atoms with van der Waals surface area (Å²) in [6, 6.07) is 27.1. The third kappa shape index (κ3) is 3.82. The zero-order valence-electron chi connectivity index (χ0n) is 21.2. The van der Waals surface area contributed by atoms with Crippen LogP contribution in [-0.4, -0.2) is 34.1 Å². The van der Waals surface area contributed by atoms with Crippen molar-refractivity contribution in [2.24, 2.45) is 11.8 Å². The summed E-state index contributed by atoms with van der Waals surface area (Å²) in [6.07, 6.45) is 5.36. The van der Waals surface area contributed by atoms with E-state index in [9.17, 15) is 5.11 Å². The maximum Gasteiger partial charge on any atom is 0.140 e. The van der Waals surface area contributed by atoms with Crippen molar-refractivity contribution in [3.05, 3.63) is 90.6 Å². The predicted molar refractivity (Wildman–Crippen MR) is 150 cm³/mol. The number of phenols is 1. The summed E-state index contributed by atoms with van der Waals surface area (Å²) in [5.41, 5.74) is 1.98. The lowest BCUT2D eigenvalue weighted by molar-refractivity contribution is -0.0480. The van der Waals surface area contributed by atoms with E-state index < -0.39 is 0 Å². The van der Waals surface area contributed by atoms with E-state index in [0.29, 0.717) is 0 Å². The first-order chi connectivity index (χ1) is 18.2. The lowest BCUT2D eigenvalue weighted by Gasteiger charge is -2.52. The van der Waals surface area contributed by atoms with Gasteiger partial charge in [0.15, 0.2) is 0 Å². The van der Waals surface area contributed by atoms with Crippen molar-refractivity contribution in [1.29, 1.82) is 0 Å². The van der Waals surface area contributed by atoms with Crippen molar-refractivity contribution in [1.82, 2.24) is 9.88 Å². The van der Waals surface area contributed by atoms with E-state index in [2.05, 4.69) is 77.5 Å².